The van der Waals surface area contributed by atoms with Crippen molar-refractivity contribution in [2.75, 3.05) is 6.54 Å². The Morgan fingerprint density at radius 2 is 1.86 bits per heavy atom. The van der Waals surface area contributed by atoms with Crippen LogP contribution in [0.5, 0.6) is 0 Å². The summed E-state index contributed by atoms with van der Waals surface area (Å²) in [4.78, 5) is 33.7. The van der Waals surface area contributed by atoms with Gasteiger partial charge in [0.1, 0.15) is 18.2 Å². The van der Waals surface area contributed by atoms with E-state index in [4.69, 9.17) is 16.3 Å². The molecule has 0 saturated carbocycles. The summed E-state index contributed by atoms with van der Waals surface area (Å²) in [6, 6.07) is 7.91. The second kappa shape index (κ2) is 8.70. The Morgan fingerprint density at radius 3 is 2.50 bits per heavy atom. The highest BCUT2D eigenvalue weighted by Crippen LogP contribution is 2.32. The molecule has 0 atom stereocenters. The molecule has 148 valence electrons. The van der Waals surface area contributed by atoms with Gasteiger partial charge in [-0.15, -0.1) is 0 Å². The SMILES string of the molecule is O=C(CNC(=O)c1ccc(Cl)c([N+](=O)[O-])c1)OCc1ccccc1C(F)(F)F. The van der Waals surface area contributed by atoms with E-state index < -0.39 is 47.4 Å². The minimum atomic E-state index is -4.60. The molecule has 28 heavy (non-hydrogen) atoms. The van der Waals surface area contributed by atoms with Crippen molar-refractivity contribution in [2.24, 2.45) is 0 Å². The Hall–Kier alpha value is -3.14. The van der Waals surface area contributed by atoms with Crippen LogP contribution < -0.4 is 5.32 Å². The van der Waals surface area contributed by atoms with Crippen LogP contribution >= 0.6 is 11.6 Å². The number of nitrogens with zero attached hydrogens (tertiary/aromatic N) is 1. The highest BCUT2D eigenvalue weighted by molar-refractivity contribution is 6.32. The quantitative estimate of drug-likeness (QED) is 0.439. The molecule has 0 heterocycles. The predicted molar refractivity (Wildman–Crippen MR) is 91.7 cm³/mol. The van der Waals surface area contributed by atoms with Gasteiger partial charge in [-0.2, -0.15) is 13.2 Å². The van der Waals surface area contributed by atoms with Gasteiger partial charge in [0.25, 0.3) is 11.6 Å². The number of halogens is 4. The van der Waals surface area contributed by atoms with Gasteiger partial charge in [0.15, 0.2) is 0 Å². The number of carbonyl (C=O) groups is 2. The first-order valence-corrected chi connectivity index (χ1v) is 8.00. The molecule has 2 aromatic carbocycles. The number of nitro benzene ring substituents is 1. The number of benzene rings is 2. The lowest BCUT2D eigenvalue weighted by Gasteiger charge is -2.13. The van der Waals surface area contributed by atoms with E-state index in [1.54, 1.807) is 0 Å². The Balaban J connectivity index is 1.94. The summed E-state index contributed by atoms with van der Waals surface area (Å²) in [5.41, 5.74) is -1.77. The zero-order chi connectivity index (χ0) is 20.9. The summed E-state index contributed by atoms with van der Waals surface area (Å²) in [6.45, 7) is -1.26. The highest BCUT2D eigenvalue weighted by Gasteiger charge is 2.33. The van der Waals surface area contributed by atoms with E-state index in [1.165, 1.54) is 24.3 Å². The molecule has 0 saturated heterocycles. The maximum atomic E-state index is 12.9. The van der Waals surface area contributed by atoms with Gasteiger partial charge >= 0.3 is 12.1 Å². The molecule has 1 N–H and O–H groups in total. The largest absolute Gasteiger partial charge is 0.459 e. The minimum absolute atomic E-state index is 0.119. The van der Waals surface area contributed by atoms with Crippen molar-refractivity contribution in [3.05, 3.63) is 74.3 Å². The van der Waals surface area contributed by atoms with Crippen molar-refractivity contribution in [3.8, 4) is 0 Å². The van der Waals surface area contributed by atoms with Crippen LogP contribution in [-0.2, 0) is 22.3 Å². The molecule has 0 spiro atoms. The lowest BCUT2D eigenvalue weighted by Crippen LogP contribution is -2.30. The molecule has 0 radical (unpaired) electrons. The highest BCUT2D eigenvalue weighted by atomic mass is 35.5. The number of nitro groups is 1. The van der Waals surface area contributed by atoms with E-state index in [0.29, 0.717) is 0 Å². The molecule has 0 aliphatic carbocycles. The van der Waals surface area contributed by atoms with Crippen LogP contribution in [0.4, 0.5) is 18.9 Å². The number of rotatable bonds is 6. The van der Waals surface area contributed by atoms with Crippen LogP contribution in [0.3, 0.4) is 0 Å². The molecule has 0 aliphatic heterocycles. The van der Waals surface area contributed by atoms with Gasteiger partial charge in [-0.25, -0.2) is 0 Å². The van der Waals surface area contributed by atoms with Crippen molar-refractivity contribution in [1.82, 2.24) is 5.32 Å². The lowest BCUT2D eigenvalue weighted by atomic mass is 10.1. The zero-order valence-corrected chi connectivity index (χ0v) is 14.7. The molecule has 0 bridgehead atoms. The minimum Gasteiger partial charge on any atom is -0.459 e. The average molecular weight is 417 g/mol. The van der Waals surface area contributed by atoms with Crippen LogP contribution in [0.1, 0.15) is 21.5 Å². The summed E-state index contributed by atoms with van der Waals surface area (Å²) in [7, 11) is 0. The molecule has 0 unspecified atom stereocenters. The van der Waals surface area contributed by atoms with Crippen LogP contribution in [0.15, 0.2) is 42.5 Å². The maximum absolute atomic E-state index is 12.9. The number of hydrogen-bond acceptors (Lipinski definition) is 5. The molecule has 11 heteroatoms. The molecule has 2 rings (SSSR count). The molecule has 0 aliphatic rings. The molecule has 0 fully saturated rings. The van der Waals surface area contributed by atoms with Crippen molar-refractivity contribution in [3.63, 3.8) is 0 Å². The molecular weight excluding hydrogens is 405 g/mol. The Kier molecular flexibility index (Phi) is 6.57. The van der Waals surface area contributed by atoms with Gasteiger partial charge in [0.05, 0.1) is 10.5 Å². The standard InChI is InChI=1S/C17H12ClF3N2O5/c18-13-6-5-10(7-14(13)23(26)27)16(25)22-8-15(24)28-9-11-3-1-2-4-12(11)17(19,20)21/h1-7H,8-9H2,(H,22,25). The Morgan fingerprint density at radius 1 is 1.18 bits per heavy atom. The number of hydrogen-bond donors (Lipinski definition) is 1. The Labute approximate surface area is 161 Å². The number of nitrogens with one attached hydrogen (secondary N) is 1. The molecular formula is C17H12ClF3N2O5. The first-order valence-electron chi connectivity index (χ1n) is 7.62. The van der Waals surface area contributed by atoms with Crippen LogP contribution in [0.25, 0.3) is 0 Å². The summed E-state index contributed by atoms with van der Waals surface area (Å²) in [5, 5.41) is 12.8. The monoisotopic (exact) mass is 416 g/mol. The molecule has 0 aromatic heterocycles. The topological polar surface area (TPSA) is 98.5 Å². The number of esters is 1. The zero-order valence-electron chi connectivity index (χ0n) is 14.0. The smallest absolute Gasteiger partial charge is 0.416 e. The molecule has 1 amide bonds. The Bertz CT molecular complexity index is 918. The maximum Gasteiger partial charge on any atom is 0.416 e. The fraction of sp³-hybridized carbons (Fsp3) is 0.176. The van der Waals surface area contributed by atoms with Gasteiger partial charge in [0, 0.05) is 17.2 Å². The van der Waals surface area contributed by atoms with Gasteiger partial charge in [0.2, 0.25) is 0 Å². The van der Waals surface area contributed by atoms with Gasteiger partial charge in [-0.1, -0.05) is 29.8 Å². The summed E-state index contributed by atoms with van der Waals surface area (Å²) >= 11 is 5.64. The van der Waals surface area contributed by atoms with Crippen LogP contribution in [0, 0.1) is 10.1 Å². The van der Waals surface area contributed by atoms with Gasteiger partial charge < -0.3 is 10.1 Å². The van der Waals surface area contributed by atoms with E-state index in [9.17, 15) is 32.9 Å². The average Bonchev–Trinajstić information content (AvgIpc) is 2.64. The van der Waals surface area contributed by atoms with Crippen molar-refractivity contribution in [1.29, 1.82) is 0 Å². The van der Waals surface area contributed by atoms with E-state index in [1.807, 2.05) is 0 Å². The third-order valence-corrected chi connectivity index (χ3v) is 3.83. The van der Waals surface area contributed by atoms with Gasteiger partial charge in [-0.05, 0) is 18.2 Å². The van der Waals surface area contributed by atoms with Crippen molar-refractivity contribution < 1.29 is 32.4 Å². The third kappa shape index (κ3) is 5.43. The van der Waals surface area contributed by atoms with Crippen LogP contribution in [0.2, 0.25) is 5.02 Å². The third-order valence-electron chi connectivity index (χ3n) is 3.51. The second-order valence-corrected chi connectivity index (χ2v) is 5.83. The van der Waals surface area contributed by atoms with Crippen molar-refractivity contribution >= 4 is 29.2 Å². The fourth-order valence-corrected chi connectivity index (χ4v) is 2.37. The second-order valence-electron chi connectivity index (χ2n) is 5.42. The normalized spacial score (nSPS) is 11.0. The number of alkyl halides is 3. The number of carbonyl (C=O) groups excluding carboxylic acids is 2. The first kappa shape index (κ1) is 21.2. The van der Waals surface area contributed by atoms with E-state index in [-0.39, 0.29) is 16.1 Å². The van der Waals surface area contributed by atoms with E-state index in [0.717, 1.165) is 18.2 Å². The van der Waals surface area contributed by atoms with E-state index in [2.05, 4.69) is 5.32 Å². The molecule has 7 nitrogen and oxygen atoms in total. The fourth-order valence-electron chi connectivity index (χ4n) is 2.18. The summed E-state index contributed by atoms with van der Waals surface area (Å²) < 4.78 is 43.4. The van der Waals surface area contributed by atoms with Crippen molar-refractivity contribution in [2.45, 2.75) is 12.8 Å². The van der Waals surface area contributed by atoms with Crippen LogP contribution in [-0.4, -0.2) is 23.3 Å². The van der Waals surface area contributed by atoms with Gasteiger partial charge in [-0.3, -0.25) is 19.7 Å². The predicted octanol–water partition coefficient (Wildman–Crippen LogP) is 3.74. The lowest BCUT2D eigenvalue weighted by molar-refractivity contribution is -0.384. The number of ether oxygens (including phenoxy) is 1. The van der Waals surface area contributed by atoms with E-state index >= 15 is 0 Å². The summed E-state index contributed by atoms with van der Waals surface area (Å²) in [5.74, 6) is -1.79. The summed E-state index contributed by atoms with van der Waals surface area (Å²) in [6.07, 6.45) is -4.60. The first-order chi connectivity index (χ1) is 13.1. The molecule has 2 aromatic rings. The number of amides is 1.